The predicted octanol–water partition coefficient (Wildman–Crippen LogP) is 1.22. The quantitative estimate of drug-likeness (QED) is 0.710. The molecule has 0 amide bonds. The van der Waals surface area contributed by atoms with Crippen molar-refractivity contribution in [3.63, 3.8) is 0 Å². The molecular formula is C6H4ClHgO+. The molecule has 1 nitrogen and oxygen atoms in total. The van der Waals surface area contributed by atoms with Gasteiger partial charge in [-0.05, 0) is 0 Å². The molecule has 9 heavy (non-hydrogen) atoms. The molecule has 0 aliphatic carbocycles. The molecule has 0 aromatic heterocycles. The summed E-state index contributed by atoms with van der Waals surface area (Å²) >= 11 is 6.19. The van der Waals surface area contributed by atoms with Crippen molar-refractivity contribution in [1.29, 1.82) is 0 Å². The van der Waals surface area contributed by atoms with Crippen LogP contribution in [0.4, 0.5) is 0 Å². The summed E-state index contributed by atoms with van der Waals surface area (Å²) in [6.45, 7) is 0. The zero-order valence-electron chi connectivity index (χ0n) is 4.76. The van der Waals surface area contributed by atoms with E-state index < -0.39 is 0 Å². The molecule has 0 heterocycles. The number of benzene rings is 1. The summed E-state index contributed by atoms with van der Waals surface area (Å²) in [5, 5.41) is 9.39. The van der Waals surface area contributed by atoms with Crippen molar-refractivity contribution in [1.82, 2.24) is 0 Å². The molecule has 42 valence electrons. The van der Waals surface area contributed by atoms with Crippen LogP contribution in [0.3, 0.4) is 0 Å². The van der Waals surface area contributed by atoms with Crippen molar-refractivity contribution in [2.45, 2.75) is 0 Å². The van der Waals surface area contributed by atoms with Crippen LogP contribution in [-0.2, 0) is 26.1 Å². The van der Waals surface area contributed by atoms with E-state index in [1.54, 1.807) is 12.1 Å². The van der Waals surface area contributed by atoms with Gasteiger partial charge >= 0.3 is 74.9 Å². The van der Waals surface area contributed by atoms with Gasteiger partial charge in [0.25, 0.3) is 0 Å². The Kier molecular flexibility index (Phi) is 2.36. The minimum absolute atomic E-state index is 0.172. The van der Waals surface area contributed by atoms with Gasteiger partial charge in [-0.25, -0.2) is 0 Å². The van der Waals surface area contributed by atoms with E-state index in [2.05, 4.69) is 0 Å². The molecule has 1 aromatic rings. The maximum absolute atomic E-state index is 8.93. The van der Waals surface area contributed by atoms with Crippen LogP contribution in [0.1, 0.15) is 0 Å². The first-order chi connectivity index (χ1) is 4.20. The third-order valence-corrected chi connectivity index (χ3v) is 3.02. The van der Waals surface area contributed by atoms with Crippen LogP contribution in [0.25, 0.3) is 0 Å². The van der Waals surface area contributed by atoms with Crippen molar-refractivity contribution in [3.8, 4) is 5.75 Å². The van der Waals surface area contributed by atoms with Crippen LogP contribution in [0.2, 0.25) is 5.02 Å². The average Bonchev–Trinajstić information content (AvgIpc) is 1.80. The fourth-order valence-corrected chi connectivity index (χ4v) is 2.51. The van der Waals surface area contributed by atoms with Gasteiger partial charge in [-0.3, -0.25) is 0 Å². The van der Waals surface area contributed by atoms with Crippen LogP contribution in [0.15, 0.2) is 18.2 Å². The molecule has 0 aliphatic heterocycles. The Morgan fingerprint density at radius 3 is 2.56 bits per heavy atom. The number of phenolic OH excluding ortho intramolecular Hbond substituents is 1. The summed E-state index contributed by atoms with van der Waals surface area (Å²) in [6.07, 6.45) is 0. The first kappa shape index (κ1) is 7.35. The molecule has 0 atom stereocenters. The van der Waals surface area contributed by atoms with Crippen molar-refractivity contribution in [2.24, 2.45) is 0 Å². The number of rotatable bonds is 0. The van der Waals surface area contributed by atoms with Gasteiger partial charge in [0.05, 0.1) is 0 Å². The maximum atomic E-state index is 8.93. The van der Waals surface area contributed by atoms with E-state index >= 15 is 0 Å². The van der Waals surface area contributed by atoms with E-state index in [1.165, 1.54) is 3.07 Å². The topological polar surface area (TPSA) is 20.2 Å². The van der Waals surface area contributed by atoms with Crippen LogP contribution in [0, 0.1) is 0 Å². The standard InChI is InChI=1S/C6H4ClO.Hg/c7-5-3-1-2-4-6(5)8;/h2-4,8H;/q;+1. The second-order valence-electron chi connectivity index (χ2n) is 1.79. The van der Waals surface area contributed by atoms with E-state index in [4.69, 9.17) is 16.7 Å². The van der Waals surface area contributed by atoms with Gasteiger partial charge in [0, 0.05) is 0 Å². The summed E-state index contributed by atoms with van der Waals surface area (Å²) in [6, 6.07) is 5.33. The van der Waals surface area contributed by atoms with E-state index in [1.807, 2.05) is 6.07 Å². The normalized spacial score (nSPS) is 9.67. The summed E-state index contributed by atoms with van der Waals surface area (Å²) in [4.78, 5) is 0. The van der Waals surface area contributed by atoms with Crippen molar-refractivity contribution in [3.05, 3.63) is 23.2 Å². The molecular weight excluding hydrogens is 324 g/mol. The van der Waals surface area contributed by atoms with Gasteiger partial charge in [-0.1, -0.05) is 0 Å². The molecule has 0 saturated carbocycles. The summed E-state index contributed by atoms with van der Waals surface area (Å²) in [5.74, 6) is 0.172. The van der Waals surface area contributed by atoms with E-state index in [0.717, 1.165) is 0 Å². The molecule has 3 heteroatoms. The molecule has 0 spiro atoms. The van der Waals surface area contributed by atoms with Crippen molar-refractivity contribution >= 4 is 14.7 Å². The Bertz CT molecular complexity index is 224. The average molecular weight is 328 g/mol. The second kappa shape index (κ2) is 2.89. The summed E-state index contributed by atoms with van der Waals surface area (Å²) in [7, 11) is 0. The zero-order valence-corrected chi connectivity index (χ0v) is 11.0. The monoisotopic (exact) mass is 329 g/mol. The minimum atomic E-state index is 0.172. The van der Waals surface area contributed by atoms with Gasteiger partial charge in [-0.15, -0.1) is 0 Å². The Balaban J connectivity index is 3.17. The number of hydrogen-bond donors (Lipinski definition) is 1. The van der Waals surface area contributed by atoms with Crippen molar-refractivity contribution < 1.29 is 31.2 Å². The molecule has 0 unspecified atom stereocenters. The number of phenols is 1. The molecule has 0 aliphatic rings. The number of hydrogen-bond acceptors (Lipinski definition) is 1. The Hall–Kier alpha value is 0.245. The molecule has 0 bridgehead atoms. The predicted molar refractivity (Wildman–Crippen MR) is 32.8 cm³/mol. The third-order valence-electron chi connectivity index (χ3n) is 1.01. The van der Waals surface area contributed by atoms with Gasteiger partial charge in [-0.2, -0.15) is 0 Å². The van der Waals surface area contributed by atoms with E-state index in [0.29, 0.717) is 31.1 Å². The molecule has 0 radical (unpaired) electrons. The van der Waals surface area contributed by atoms with Gasteiger partial charge < -0.3 is 0 Å². The molecule has 0 fully saturated rings. The summed E-state index contributed by atoms with van der Waals surface area (Å²) < 4.78 is 1.25. The Morgan fingerprint density at radius 1 is 1.44 bits per heavy atom. The molecule has 1 N–H and O–H groups in total. The van der Waals surface area contributed by atoms with Gasteiger partial charge in [0.15, 0.2) is 0 Å². The summed E-state index contributed by atoms with van der Waals surface area (Å²) in [5.41, 5.74) is 0. The number of halogens is 1. The second-order valence-corrected chi connectivity index (χ2v) is 5.37. The van der Waals surface area contributed by atoms with Gasteiger partial charge in [0.2, 0.25) is 0 Å². The fraction of sp³-hybridized carbons (Fsp3) is 0. The molecule has 1 aromatic carbocycles. The van der Waals surface area contributed by atoms with E-state index in [-0.39, 0.29) is 5.75 Å². The first-order valence-electron chi connectivity index (χ1n) is 2.50. The van der Waals surface area contributed by atoms with E-state index in [9.17, 15) is 0 Å². The number of aromatic hydroxyl groups is 1. The van der Waals surface area contributed by atoms with Crippen LogP contribution in [0.5, 0.6) is 5.75 Å². The zero-order chi connectivity index (χ0) is 6.85. The third kappa shape index (κ3) is 1.83. The molecule has 1 rings (SSSR count). The van der Waals surface area contributed by atoms with Crippen LogP contribution >= 0.6 is 11.6 Å². The first-order valence-corrected chi connectivity index (χ1v) is 5.63. The van der Waals surface area contributed by atoms with Crippen LogP contribution in [-0.4, -0.2) is 5.11 Å². The van der Waals surface area contributed by atoms with Crippen molar-refractivity contribution in [2.75, 3.05) is 0 Å². The Morgan fingerprint density at radius 2 is 2.11 bits per heavy atom. The Labute approximate surface area is 74.6 Å². The van der Waals surface area contributed by atoms with Gasteiger partial charge in [0.1, 0.15) is 0 Å². The molecule has 0 saturated heterocycles. The SMILES string of the molecule is Oc1cc[c]([Hg+])cc1Cl. The fourth-order valence-electron chi connectivity index (χ4n) is 0.550. The van der Waals surface area contributed by atoms with Crippen LogP contribution < -0.4 is 3.07 Å².